The van der Waals surface area contributed by atoms with Gasteiger partial charge >= 0.3 is 0 Å². The molecule has 1 unspecified atom stereocenters. The van der Waals surface area contributed by atoms with Crippen molar-refractivity contribution < 1.29 is 0 Å². The van der Waals surface area contributed by atoms with E-state index in [1.54, 1.807) is 0 Å². The molecule has 2 aliphatic rings. The first-order valence-corrected chi connectivity index (χ1v) is 19.6. The Balaban J connectivity index is 1.26. The normalized spacial score (nSPS) is 14.8. The first kappa shape index (κ1) is 33.3. The summed E-state index contributed by atoms with van der Waals surface area (Å²) in [6.45, 7) is 9.11. The molecule has 0 bridgehead atoms. The van der Waals surface area contributed by atoms with Gasteiger partial charge in [0.2, 0.25) is 0 Å². The molecule has 10 rings (SSSR count). The number of hydrogen-bond acceptors (Lipinski definition) is 0. The van der Waals surface area contributed by atoms with E-state index in [4.69, 9.17) is 0 Å². The van der Waals surface area contributed by atoms with Gasteiger partial charge in [0.1, 0.15) is 0 Å². The number of fused-ring (bicyclic) bond motifs is 6. The fourth-order valence-electron chi connectivity index (χ4n) is 9.95. The highest BCUT2D eigenvalue weighted by Crippen LogP contribution is 2.59. The predicted octanol–water partition coefficient (Wildman–Crippen LogP) is 13.8. The quantitative estimate of drug-likeness (QED) is 0.151. The summed E-state index contributed by atoms with van der Waals surface area (Å²) < 4.78 is 0. The molecule has 0 aromatic heterocycles. The smallest absolute Gasteiger partial charge is 0.0622 e. The van der Waals surface area contributed by atoms with Crippen LogP contribution in [0.5, 0.6) is 0 Å². The molecule has 2 aliphatic carbocycles. The van der Waals surface area contributed by atoms with E-state index >= 15 is 0 Å². The van der Waals surface area contributed by atoms with Gasteiger partial charge < -0.3 is 0 Å². The van der Waals surface area contributed by atoms with Crippen molar-refractivity contribution in [2.24, 2.45) is 0 Å². The molecule has 0 radical (unpaired) electrons. The number of aryl methyl sites for hydroxylation is 2. The number of benzene rings is 8. The maximum atomic E-state index is 2.56. The van der Waals surface area contributed by atoms with Gasteiger partial charge in [0.25, 0.3) is 0 Å². The van der Waals surface area contributed by atoms with Crippen LogP contribution in [-0.4, -0.2) is 0 Å². The van der Waals surface area contributed by atoms with Crippen LogP contribution in [0.4, 0.5) is 0 Å². The second-order valence-corrected chi connectivity index (χ2v) is 16.2. The van der Waals surface area contributed by atoms with Crippen LogP contribution < -0.4 is 0 Å². The van der Waals surface area contributed by atoms with Crippen molar-refractivity contribution in [1.29, 1.82) is 0 Å². The minimum absolute atomic E-state index is 0.0419. The molecule has 0 fully saturated rings. The molecule has 0 nitrogen and oxygen atoms in total. The van der Waals surface area contributed by atoms with Crippen LogP contribution in [0.3, 0.4) is 0 Å². The van der Waals surface area contributed by atoms with Gasteiger partial charge in [-0.15, -0.1) is 0 Å². The molecule has 0 heteroatoms. The molecular weight excluding hydrogens is 661 g/mol. The van der Waals surface area contributed by atoms with Crippen molar-refractivity contribution in [2.45, 2.75) is 44.4 Å². The zero-order valence-corrected chi connectivity index (χ0v) is 32.0. The van der Waals surface area contributed by atoms with Gasteiger partial charge in [-0.05, 0) is 97.3 Å². The third-order valence-corrected chi connectivity index (χ3v) is 12.6. The van der Waals surface area contributed by atoms with Gasteiger partial charge in [-0.1, -0.05) is 213 Å². The summed E-state index contributed by atoms with van der Waals surface area (Å²) in [5, 5.41) is 0. The van der Waals surface area contributed by atoms with E-state index in [1.165, 1.54) is 94.6 Å². The molecule has 55 heavy (non-hydrogen) atoms. The monoisotopic (exact) mass is 704 g/mol. The summed E-state index contributed by atoms with van der Waals surface area (Å²) in [5.41, 5.74) is 21.8. The number of rotatable bonds is 6. The van der Waals surface area contributed by atoms with Gasteiger partial charge in [0, 0.05) is 11.3 Å². The fraction of sp³-hybridized carbons (Fsp3) is 0.127. The van der Waals surface area contributed by atoms with E-state index in [-0.39, 0.29) is 11.3 Å². The van der Waals surface area contributed by atoms with E-state index in [0.29, 0.717) is 0 Å². The van der Waals surface area contributed by atoms with Crippen molar-refractivity contribution in [1.82, 2.24) is 0 Å². The van der Waals surface area contributed by atoms with Gasteiger partial charge in [-0.2, -0.15) is 0 Å². The van der Waals surface area contributed by atoms with E-state index in [1.807, 2.05) is 0 Å². The molecule has 0 saturated carbocycles. The van der Waals surface area contributed by atoms with Crippen molar-refractivity contribution in [3.8, 4) is 33.4 Å². The molecular formula is C55H44. The lowest BCUT2D eigenvalue weighted by Gasteiger charge is -2.34. The van der Waals surface area contributed by atoms with Gasteiger partial charge in [0.05, 0.1) is 5.41 Å². The molecule has 0 heterocycles. The molecule has 264 valence electrons. The Hall–Kier alpha value is -6.24. The Morgan fingerprint density at radius 1 is 0.364 bits per heavy atom. The van der Waals surface area contributed by atoms with Crippen molar-refractivity contribution >= 4 is 0 Å². The van der Waals surface area contributed by atoms with Crippen LogP contribution in [0.25, 0.3) is 33.4 Å². The topological polar surface area (TPSA) is 0 Å². The highest BCUT2D eigenvalue weighted by atomic mass is 14.5. The second-order valence-electron chi connectivity index (χ2n) is 16.2. The summed E-state index contributed by atoms with van der Waals surface area (Å²) in [6.07, 6.45) is 0. The lowest BCUT2D eigenvalue weighted by molar-refractivity contribution is 0.659. The van der Waals surface area contributed by atoms with Gasteiger partial charge in [-0.25, -0.2) is 0 Å². The molecule has 1 atom stereocenters. The van der Waals surface area contributed by atoms with Crippen LogP contribution in [0.2, 0.25) is 0 Å². The van der Waals surface area contributed by atoms with Gasteiger partial charge in [-0.3, -0.25) is 0 Å². The molecule has 8 aromatic carbocycles. The van der Waals surface area contributed by atoms with Crippen LogP contribution in [0.1, 0.15) is 81.0 Å². The predicted molar refractivity (Wildman–Crippen MR) is 230 cm³/mol. The van der Waals surface area contributed by atoms with E-state index in [9.17, 15) is 0 Å². The van der Waals surface area contributed by atoms with E-state index < -0.39 is 5.41 Å². The third-order valence-electron chi connectivity index (χ3n) is 12.6. The van der Waals surface area contributed by atoms with E-state index in [0.717, 1.165) is 0 Å². The summed E-state index contributed by atoms with van der Waals surface area (Å²) in [4.78, 5) is 0. The average Bonchev–Trinajstić information content (AvgIpc) is 3.65. The summed E-state index contributed by atoms with van der Waals surface area (Å²) in [5.74, 6) is 0.0419. The van der Waals surface area contributed by atoms with Crippen molar-refractivity contribution in [3.05, 3.63) is 249 Å². The SMILES string of the molecule is Cc1ccc(-c2cccc3c2-c2ccc(C(c4ccc(C)cc4)c4ccc5c(c4)C(C)(C)c4ccccc4-5)cc2C3(c2ccccc2)c2ccccc2)cc1. The first-order chi connectivity index (χ1) is 26.9. The second kappa shape index (κ2) is 12.7. The van der Waals surface area contributed by atoms with Gasteiger partial charge in [0.15, 0.2) is 0 Å². The highest BCUT2D eigenvalue weighted by Gasteiger charge is 2.47. The maximum absolute atomic E-state index is 2.56. The Labute approximate surface area is 325 Å². The summed E-state index contributed by atoms with van der Waals surface area (Å²) in [6, 6.07) is 71.2. The molecule has 0 spiro atoms. The maximum Gasteiger partial charge on any atom is 0.0713 e. The number of hydrogen-bond donors (Lipinski definition) is 0. The molecule has 0 aliphatic heterocycles. The Bertz CT molecular complexity index is 2670. The molecule has 0 amide bonds. The lowest BCUT2D eigenvalue weighted by Crippen LogP contribution is -2.28. The lowest BCUT2D eigenvalue weighted by atomic mass is 9.67. The average molecular weight is 705 g/mol. The van der Waals surface area contributed by atoms with Crippen LogP contribution in [-0.2, 0) is 10.8 Å². The minimum Gasteiger partial charge on any atom is -0.0622 e. The fourth-order valence-corrected chi connectivity index (χ4v) is 9.95. The molecule has 0 N–H and O–H groups in total. The summed E-state index contributed by atoms with van der Waals surface area (Å²) in [7, 11) is 0. The molecule has 8 aromatic rings. The van der Waals surface area contributed by atoms with E-state index in [2.05, 4.69) is 216 Å². The minimum atomic E-state index is -0.511. The summed E-state index contributed by atoms with van der Waals surface area (Å²) >= 11 is 0. The van der Waals surface area contributed by atoms with Crippen LogP contribution >= 0.6 is 0 Å². The highest BCUT2D eigenvalue weighted by molar-refractivity contribution is 5.95. The van der Waals surface area contributed by atoms with Crippen molar-refractivity contribution in [3.63, 3.8) is 0 Å². The zero-order valence-electron chi connectivity index (χ0n) is 32.0. The zero-order chi connectivity index (χ0) is 37.3. The standard InChI is InChI=1S/C55H44/c1-36-22-26-38(27-23-36)44-19-13-21-49-53(44)47-33-31-41(35-51(47)55(49,42-14-7-5-8-15-42)43-16-9-6-10-17-43)52(39-28-24-37(2)25-29-39)40-30-32-46-45-18-11-12-20-48(45)54(3,4)50(46)34-40/h5-35,52H,1-4H3. The Kier molecular flexibility index (Phi) is 7.68. The third kappa shape index (κ3) is 5.05. The van der Waals surface area contributed by atoms with Crippen LogP contribution in [0.15, 0.2) is 188 Å². The van der Waals surface area contributed by atoms with Crippen LogP contribution in [0, 0.1) is 13.8 Å². The van der Waals surface area contributed by atoms with Crippen molar-refractivity contribution in [2.75, 3.05) is 0 Å². The molecule has 0 saturated heterocycles. The Morgan fingerprint density at radius 3 is 1.51 bits per heavy atom. The first-order valence-electron chi connectivity index (χ1n) is 19.6. The Morgan fingerprint density at radius 2 is 0.855 bits per heavy atom. The largest absolute Gasteiger partial charge is 0.0713 e.